The number of carbonyl (C=O) groups excluding carboxylic acids is 4. The Morgan fingerprint density at radius 3 is 1.75 bits per heavy atom. The van der Waals surface area contributed by atoms with Crippen molar-refractivity contribution >= 4 is 46.3 Å². The summed E-state index contributed by atoms with van der Waals surface area (Å²) in [5.41, 5.74) is 2.10. The van der Waals surface area contributed by atoms with Gasteiger partial charge in [0.25, 0.3) is 23.6 Å². The van der Waals surface area contributed by atoms with Gasteiger partial charge >= 0.3 is 0 Å². The Bertz CT molecular complexity index is 1890. The predicted molar refractivity (Wildman–Crippen MR) is 218 cm³/mol. The average molecular weight is 817 g/mol. The summed E-state index contributed by atoms with van der Waals surface area (Å²) in [6, 6.07) is 27.4. The second kappa shape index (κ2) is 19.8. The lowest BCUT2D eigenvalue weighted by Gasteiger charge is -2.28. The van der Waals surface area contributed by atoms with Crippen molar-refractivity contribution in [3.05, 3.63) is 117 Å². The number of carbonyl (C=O) groups is 4. The number of amides is 4. The van der Waals surface area contributed by atoms with Gasteiger partial charge in [-0.2, -0.15) is 0 Å². The normalized spacial score (nSPS) is 22.3. The molecule has 12 nitrogen and oxygen atoms in total. The van der Waals surface area contributed by atoms with E-state index in [0.29, 0.717) is 32.6 Å². The number of likely N-dealkylation sites (tertiary alicyclic amines) is 2. The van der Waals surface area contributed by atoms with Crippen LogP contribution in [0.1, 0.15) is 72.5 Å². The van der Waals surface area contributed by atoms with Gasteiger partial charge in [-0.15, -0.1) is 22.7 Å². The van der Waals surface area contributed by atoms with Crippen LogP contribution in [0.3, 0.4) is 0 Å². The molecule has 4 N–H and O–H groups in total. The van der Waals surface area contributed by atoms with E-state index in [2.05, 4.69) is 10.6 Å². The van der Waals surface area contributed by atoms with Crippen molar-refractivity contribution in [2.45, 2.75) is 94.7 Å². The summed E-state index contributed by atoms with van der Waals surface area (Å²) < 4.78 is 11.8. The molecule has 2 aromatic heterocycles. The van der Waals surface area contributed by atoms with Crippen LogP contribution in [0, 0.1) is 0 Å². The quantitative estimate of drug-likeness (QED) is 0.150. The van der Waals surface area contributed by atoms with E-state index in [0.717, 1.165) is 48.1 Å². The molecule has 3 aliphatic rings. The molecule has 0 spiro atoms. The molecule has 5 heterocycles. The topological polar surface area (TPSA) is 158 Å². The van der Waals surface area contributed by atoms with Gasteiger partial charge in [0, 0.05) is 35.9 Å². The molecule has 0 unspecified atom stereocenters. The van der Waals surface area contributed by atoms with Gasteiger partial charge in [-0.05, 0) is 86.4 Å². The van der Waals surface area contributed by atoms with Crippen LogP contribution >= 0.6 is 22.7 Å². The molecule has 2 aromatic carbocycles. The van der Waals surface area contributed by atoms with Crippen LogP contribution in [0.25, 0.3) is 0 Å². The molecule has 4 aromatic rings. The fourth-order valence-electron chi connectivity index (χ4n) is 7.58. The molecule has 3 saturated heterocycles. The maximum atomic E-state index is 13.4. The second-order valence-corrected chi connectivity index (χ2v) is 16.9. The summed E-state index contributed by atoms with van der Waals surface area (Å²) in [5, 5.41) is 29.8. The number of thiophene rings is 2. The largest absolute Gasteiger partial charge is 0.380 e. The van der Waals surface area contributed by atoms with Crippen molar-refractivity contribution in [1.82, 2.24) is 20.4 Å². The van der Waals surface area contributed by atoms with Crippen LogP contribution in [0.15, 0.2) is 95.7 Å². The highest BCUT2D eigenvalue weighted by Crippen LogP contribution is 2.36. The lowest BCUT2D eigenvalue weighted by molar-refractivity contribution is -0.163. The molecule has 0 aliphatic carbocycles. The fourth-order valence-corrected chi connectivity index (χ4v) is 9.00. The lowest BCUT2D eigenvalue weighted by Crippen LogP contribution is -2.50. The van der Waals surface area contributed by atoms with Crippen molar-refractivity contribution in [1.29, 1.82) is 0 Å². The number of ether oxygens (including phenoxy) is 2. The average Bonchev–Trinajstić information content (AvgIpc) is 4.08. The third-order valence-electron chi connectivity index (χ3n) is 10.4. The Labute approximate surface area is 341 Å². The maximum Gasteiger partial charge on any atom is 0.255 e. The SMILES string of the molecule is CC1(C)O[C@@H](C(=O)NCCc2cccs2)[C@H](C(=O)N2CCC[C@H]2c2ccccc2)O1.O=C(NCCc1cccs1)[C@H](O)[C@@H](O)C(=O)N1CCC[C@H]1c1ccccc1. The molecule has 304 valence electrons. The molecule has 4 amide bonds. The van der Waals surface area contributed by atoms with Gasteiger partial charge in [0.15, 0.2) is 30.2 Å². The summed E-state index contributed by atoms with van der Waals surface area (Å²) in [6.07, 6.45) is -0.589. The third-order valence-corrected chi connectivity index (χ3v) is 12.2. The molecular weight excluding hydrogens is 765 g/mol. The second-order valence-electron chi connectivity index (χ2n) is 14.8. The summed E-state index contributed by atoms with van der Waals surface area (Å²) in [6.45, 7) is 5.48. The number of hydrogen-bond acceptors (Lipinski definition) is 10. The predicted octanol–water partition coefficient (Wildman–Crippen LogP) is 4.78. The van der Waals surface area contributed by atoms with Gasteiger partial charge in [0.1, 0.15) is 0 Å². The van der Waals surface area contributed by atoms with E-state index in [4.69, 9.17) is 9.47 Å². The number of nitrogens with one attached hydrogen (secondary N) is 2. The highest BCUT2D eigenvalue weighted by Gasteiger charge is 2.51. The first kappa shape index (κ1) is 42.2. The van der Waals surface area contributed by atoms with Crippen molar-refractivity contribution < 1.29 is 38.9 Å². The van der Waals surface area contributed by atoms with Crippen molar-refractivity contribution in [2.24, 2.45) is 0 Å². The Kier molecular flexibility index (Phi) is 14.7. The first-order valence-electron chi connectivity index (χ1n) is 19.5. The Balaban J connectivity index is 0.000000194. The summed E-state index contributed by atoms with van der Waals surface area (Å²) in [7, 11) is 0. The van der Waals surface area contributed by atoms with Crippen LogP contribution in [0.4, 0.5) is 0 Å². The number of aliphatic hydroxyl groups excluding tert-OH is 2. The summed E-state index contributed by atoms with van der Waals surface area (Å²) in [5.74, 6) is -2.81. The minimum atomic E-state index is -1.78. The number of nitrogens with zero attached hydrogens (tertiary/aromatic N) is 2. The van der Waals surface area contributed by atoms with E-state index in [9.17, 15) is 29.4 Å². The Hall–Kier alpha value is -4.44. The first-order valence-corrected chi connectivity index (χ1v) is 21.3. The monoisotopic (exact) mass is 816 g/mol. The van der Waals surface area contributed by atoms with Crippen LogP contribution < -0.4 is 10.6 Å². The lowest BCUT2D eigenvalue weighted by atomic mass is 10.0. The van der Waals surface area contributed by atoms with Gasteiger partial charge in [-0.25, -0.2) is 0 Å². The van der Waals surface area contributed by atoms with E-state index in [-0.39, 0.29) is 23.9 Å². The molecule has 0 bridgehead atoms. The molecule has 57 heavy (non-hydrogen) atoms. The van der Waals surface area contributed by atoms with Gasteiger partial charge in [0.2, 0.25) is 0 Å². The van der Waals surface area contributed by atoms with Crippen molar-refractivity contribution in [3.8, 4) is 0 Å². The molecule has 6 atom stereocenters. The smallest absolute Gasteiger partial charge is 0.255 e. The van der Waals surface area contributed by atoms with Gasteiger partial charge in [0.05, 0.1) is 12.1 Å². The zero-order valence-electron chi connectivity index (χ0n) is 32.3. The Morgan fingerprint density at radius 1 is 0.702 bits per heavy atom. The molecule has 7 rings (SSSR count). The van der Waals surface area contributed by atoms with Gasteiger partial charge in [-0.1, -0.05) is 72.8 Å². The first-order chi connectivity index (χ1) is 27.5. The summed E-state index contributed by atoms with van der Waals surface area (Å²) in [4.78, 5) is 56.8. The molecule has 0 radical (unpaired) electrons. The van der Waals surface area contributed by atoms with Gasteiger partial charge in [-0.3, -0.25) is 19.2 Å². The molecule has 3 fully saturated rings. The maximum absolute atomic E-state index is 13.4. The number of hydrogen-bond donors (Lipinski definition) is 4. The summed E-state index contributed by atoms with van der Waals surface area (Å²) >= 11 is 3.24. The zero-order valence-corrected chi connectivity index (χ0v) is 34.0. The minimum Gasteiger partial charge on any atom is -0.380 e. The van der Waals surface area contributed by atoms with E-state index < -0.39 is 42.0 Å². The zero-order chi connectivity index (χ0) is 40.4. The van der Waals surface area contributed by atoms with Gasteiger partial charge < -0.3 is 40.1 Å². The molecule has 3 aliphatic heterocycles. The number of benzene rings is 2. The van der Waals surface area contributed by atoms with Crippen LogP contribution in [0.5, 0.6) is 0 Å². The number of rotatable bonds is 13. The fraction of sp³-hybridized carbons (Fsp3) is 0.442. The number of aliphatic hydroxyl groups is 2. The van der Waals surface area contributed by atoms with Crippen LogP contribution in [0.2, 0.25) is 0 Å². The van der Waals surface area contributed by atoms with E-state index in [1.165, 1.54) is 4.88 Å². The molecule has 14 heteroatoms. The Morgan fingerprint density at radius 2 is 1.21 bits per heavy atom. The van der Waals surface area contributed by atoms with Crippen LogP contribution in [-0.4, -0.2) is 100 Å². The minimum absolute atomic E-state index is 0.00792. The van der Waals surface area contributed by atoms with E-state index in [1.807, 2.05) is 101 Å². The molecule has 0 saturated carbocycles. The standard InChI is InChI=1S/C23H28N2O4S.C20H24N2O4S/c1-23(2)28-19(21(26)24-13-12-17-10-7-15-30-17)20(29-23)22(27)25-14-6-11-18(25)16-8-4-3-5-9-16;23-17(19(25)21-11-10-15-8-5-13-27-15)18(24)20(26)22-12-4-9-16(22)14-6-2-1-3-7-14/h3-5,7-10,15,18-20H,6,11-14H2,1-2H3,(H,24,26);1-3,5-8,13,16-18,23-24H,4,9-12H2,(H,21,25)/t18-,19+,20+;16-,17+,18+/m00/s1. The van der Waals surface area contributed by atoms with E-state index >= 15 is 0 Å². The highest BCUT2D eigenvalue weighted by atomic mass is 32.1. The van der Waals surface area contributed by atoms with E-state index in [1.54, 1.807) is 41.4 Å². The molecular formula is C43H52N4O8S2. The van der Waals surface area contributed by atoms with Crippen molar-refractivity contribution in [2.75, 3.05) is 26.2 Å². The highest BCUT2D eigenvalue weighted by molar-refractivity contribution is 7.10. The van der Waals surface area contributed by atoms with Crippen LogP contribution in [-0.2, 0) is 41.5 Å². The van der Waals surface area contributed by atoms with Crippen molar-refractivity contribution in [3.63, 3.8) is 0 Å². The third kappa shape index (κ3) is 10.9.